The van der Waals surface area contributed by atoms with Crippen LogP contribution in [0.1, 0.15) is 12.0 Å². The van der Waals surface area contributed by atoms with E-state index in [0.717, 1.165) is 38.0 Å². The van der Waals surface area contributed by atoms with Gasteiger partial charge >= 0.3 is 0 Å². The first kappa shape index (κ1) is 14.5. The van der Waals surface area contributed by atoms with Gasteiger partial charge in [-0.05, 0) is 43.0 Å². The van der Waals surface area contributed by atoms with E-state index >= 15 is 0 Å². The lowest BCUT2D eigenvalue weighted by Crippen LogP contribution is -2.24. The molecule has 106 valence electrons. The highest BCUT2D eigenvalue weighted by atomic mass is 32.2. The molecule has 1 aromatic carbocycles. The Balaban J connectivity index is 1.87. The van der Waals surface area contributed by atoms with Crippen LogP contribution < -0.4 is 5.14 Å². The summed E-state index contributed by atoms with van der Waals surface area (Å²) in [6.45, 7) is 3.18. The van der Waals surface area contributed by atoms with Gasteiger partial charge in [0.15, 0.2) is 0 Å². The van der Waals surface area contributed by atoms with E-state index in [4.69, 9.17) is 10.2 Å². The van der Waals surface area contributed by atoms with Crippen molar-refractivity contribution in [3.63, 3.8) is 0 Å². The van der Waals surface area contributed by atoms with Crippen molar-refractivity contribution in [1.29, 1.82) is 0 Å². The molecule has 1 saturated heterocycles. The molecule has 19 heavy (non-hydrogen) atoms. The van der Waals surface area contributed by atoms with Crippen LogP contribution in [0.3, 0.4) is 0 Å². The molecule has 1 heterocycles. The molecule has 1 aromatic rings. The maximum atomic E-state index is 11.1. The van der Waals surface area contributed by atoms with Gasteiger partial charge in [0.25, 0.3) is 0 Å². The van der Waals surface area contributed by atoms with Gasteiger partial charge in [-0.2, -0.15) is 0 Å². The summed E-state index contributed by atoms with van der Waals surface area (Å²) in [5.41, 5.74) is 1.10. The predicted molar refractivity (Wildman–Crippen MR) is 73.2 cm³/mol. The lowest BCUT2D eigenvalue weighted by atomic mass is 10.1. The molecular weight excluding hydrogens is 264 g/mol. The number of sulfonamides is 1. The molecule has 5 nitrogen and oxygen atoms in total. The Morgan fingerprint density at radius 3 is 2.53 bits per heavy atom. The number of nitrogens with zero attached hydrogens (tertiary/aromatic N) is 1. The van der Waals surface area contributed by atoms with Crippen LogP contribution in [-0.4, -0.2) is 44.7 Å². The molecule has 0 aromatic heterocycles. The van der Waals surface area contributed by atoms with Crippen molar-refractivity contribution in [2.45, 2.75) is 17.7 Å². The molecule has 6 heteroatoms. The summed E-state index contributed by atoms with van der Waals surface area (Å²) in [6, 6.07) is 6.70. The average molecular weight is 284 g/mol. The number of rotatable bonds is 5. The van der Waals surface area contributed by atoms with E-state index in [1.165, 1.54) is 0 Å². The second-order valence-corrected chi connectivity index (χ2v) is 6.64. The molecule has 3 N–H and O–H groups in total. The number of benzene rings is 1. The van der Waals surface area contributed by atoms with Gasteiger partial charge in [0, 0.05) is 19.7 Å². The maximum absolute atomic E-state index is 11.1. The van der Waals surface area contributed by atoms with Crippen LogP contribution >= 0.6 is 0 Å². The van der Waals surface area contributed by atoms with Crippen molar-refractivity contribution < 1.29 is 13.5 Å². The molecule has 0 spiro atoms. The van der Waals surface area contributed by atoms with Gasteiger partial charge in [0.1, 0.15) is 0 Å². The van der Waals surface area contributed by atoms with E-state index in [9.17, 15) is 8.42 Å². The lowest BCUT2D eigenvalue weighted by Gasteiger charge is -2.15. The van der Waals surface area contributed by atoms with Crippen LogP contribution in [0, 0.1) is 5.92 Å². The summed E-state index contributed by atoms with van der Waals surface area (Å²) in [5.74, 6) is 0.407. The van der Waals surface area contributed by atoms with Crippen LogP contribution in [0.5, 0.6) is 0 Å². The minimum absolute atomic E-state index is 0.151. The van der Waals surface area contributed by atoms with E-state index in [2.05, 4.69) is 4.90 Å². The number of likely N-dealkylation sites (tertiary alicyclic amines) is 1. The monoisotopic (exact) mass is 284 g/mol. The van der Waals surface area contributed by atoms with Gasteiger partial charge in [-0.1, -0.05) is 12.1 Å². The lowest BCUT2D eigenvalue weighted by molar-refractivity contribution is 0.222. The molecule has 0 radical (unpaired) electrons. The summed E-state index contributed by atoms with van der Waals surface area (Å²) in [6.07, 6.45) is 1.93. The van der Waals surface area contributed by atoms with E-state index in [1.54, 1.807) is 24.3 Å². The third kappa shape index (κ3) is 4.01. The number of aliphatic hydroxyl groups is 1. The molecule has 1 aliphatic heterocycles. The average Bonchev–Trinajstić information content (AvgIpc) is 2.84. The molecule has 0 aliphatic carbocycles. The highest BCUT2D eigenvalue weighted by molar-refractivity contribution is 7.89. The molecule has 1 fully saturated rings. The number of primary sulfonamides is 1. The summed E-state index contributed by atoms with van der Waals surface area (Å²) in [4.78, 5) is 2.48. The summed E-state index contributed by atoms with van der Waals surface area (Å²) in [7, 11) is -3.60. The van der Waals surface area contributed by atoms with Gasteiger partial charge in [0.2, 0.25) is 10.0 Å². The topological polar surface area (TPSA) is 83.6 Å². The zero-order valence-electron chi connectivity index (χ0n) is 10.8. The number of hydrogen-bond donors (Lipinski definition) is 2. The van der Waals surface area contributed by atoms with Crippen molar-refractivity contribution in [1.82, 2.24) is 4.90 Å². The fraction of sp³-hybridized carbons (Fsp3) is 0.538. The SMILES string of the molecule is NS(=O)(=O)c1ccc(CCN2CCC(CO)C2)cc1. The Labute approximate surface area is 114 Å². The maximum Gasteiger partial charge on any atom is 0.238 e. The van der Waals surface area contributed by atoms with Crippen molar-refractivity contribution in [3.8, 4) is 0 Å². The summed E-state index contributed by atoms with van der Waals surface area (Å²) >= 11 is 0. The molecular formula is C13H20N2O3S. The minimum Gasteiger partial charge on any atom is -0.396 e. The zero-order chi connectivity index (χ0) is 13.9. The van der Waals surface area contributed by atoms with E-state index in [0.29, 0.717) is 5.92 Å². The van der Waals surface area contributed by atoms with Crippen LogP contribution in [0.2, 0.25) is 0 Å². The largest absolute Gasteiger partial charge is 0.396 e. The number of aliphatic hydroxyl groups excluding tert-OH is 1. The molecule has 1 unspecified atom stereocenters. The Morgan fingerprint density at radius 1 is 1.32 bits per heavy atom. The highest BCUT2D eigenvalue weighted by Gasteiger charge is 2.20. The van der Waals surface area contributed by atoms with Gasteiger partial charge in [-0.25, -0.2) is 13.6 Å². The smallest absolute Gasteiger partial charge is 0.238 e. The minimum atomic E-state index is -3.60. The van der Waals surface area contributed by atoms with E-state index in [1.807, 2.05) is 0 Å². The molecule has 0 bridgehead atoms. The Hall–Kier alpha value is -0.950. The molecule has 1 atom stereocenters. The molecule has 0 saturated carbocycles. The van der Waals surface area contributed by atoms with Crippen molar-refractivity contribution in [2.24, 2.45) is 11.1 Å². The van der Waals surface area contributed by atoms with Crippen LogP contribution in [-0.2, 0) is 16.4 Å². The van der Waals surface area contributed by atoms with Gasteiger partial charge in [-0.3, -0.25) is 0 Å². The molecule has 2 rings (SSSR count). The first-order valence-electron chi connectivity index (χ1n) is 6.44. The van der Waals surface area contributed by atoms with Gasteiger partial charge in [0.05, 0.1) is 4.90 Å². The standard InChI is InChI=1S/C13H20N2O3S/c14-19(17,18)13-3-1-11(2-4-13)5-7-15-8-6-12(9-15)10-16/h1-4,12,16H,5-10H2,(H2,14,17,18). The van der Waals surface area contributed by atoms with Crippen LogP contribution in [0.4, 0.5) is 0 Å². The molecule has 0 amide bonds. The van der Waals surface area contributed by atoms with E-state index in [-0.39, 0.29) is 11.5 Å². The predicted octanol–water partition coefficient (Wildman–Crippen LogP) is 0.191. The van der Waals surface area contributed by atoms with Crippen LogP contribution in [0.15, 0.2) is 29.2 Å². The Bertz CT molecular complexity index is 513. The van der Waals surface area contributed by atoms with E-state index < -0.39 is 10.0 Å². The zero-order valence-corrected chi connectivity index (χ0v) is 11.6. The second kappa shape index (κ2) is 6.00. The molecule has 1 aliphatic rings. The van der Waals surface area contributed by atoms with Gasteiger partial charge in [-0.15, -0.1) is 0 Å². The summed E-state index contributed by atoms with van der Waals surface area (Å²) in [5, 5.41) is 14.1. The Morgan fingerprint density at radius 2 is 2.00 bits per heavy atom. The second-order valence-electron chi connectivity index (χ2n) is 5.08. The van der Waals surface area contributed by atoms with Crippen molar-refractivity contribution in [3.05, 3.63) is 29.8 Å². The normalized spacial score (nSPS) is 20.8. The number of hydrogen-bond acceptors (Lipinski definition) is 4. The first-order chi connectivity index (χ1) is 8.99. The third-order valence-corrected chi connectivity index (χ3v) is 4.53. The van der Waals surface area contributed by atoms with Crippen molar-refractivity contribution in [2.75, 3.05) is 26.2 Å². The fourth-order valence-electron chi connectivity index (χ4n) is 2.40. The fourth-order valence-corrected chi connectivity index (χ4v) is 2.91. The number of nitrogens with two attached hydrogens (primary N) is 1. The van der Waals surface area contributed by atoms with Gasteiger partial charge < -0.3 is 10.0 Å². The third-order valence-electron chi connectivity index (χ3n) is 3.60. The highest BCUT2D eigenvalue weighted by Crippen LogP contribution is 2.16. The van der Waals surface area contributed by atoms with Crippen LogP contribution in [0.25, 0.3) is 0 Å². The summed E-state index contributed by atoms with van der Waals surface area (Å²) < 4.78 is 22.3. The van der Waals surface area contributed by atoms with Crippen molar-refractivity contribution >= 4 is 10.0 Å². The quantitative estimate of drug-likeness (QED) is 0.808. The Kier molecular flexibility index (Phi) is 4.57. The first-order valence-corrected chi connectivity index (χ1v) is 7.98.